The number of carbonyl (C=O) groups is 1. The van der Waals surface area contributed by atoms with Crippen molar-refractivity contribution in [1.29, 1.82) is 0 Å². The van der Waals surface area contributed by atoms with Crippen LogP contribution in [0, 0.1) is 5.92 Å². The highest BCUT2D eigenvalue weighted by Gasteiger charge is 2.35. The molecule has 0 radical (unpaired) electrons. The molecule has 0 aromatic rings. The average Bonchev–Trinajstić information content (AvgIpc) is 3.18. The summed E-state index contributed by atoms with van der Waals surface area (Å²) in [6.45, 7) is 3.54. The van der Waals surface area contributed by atoms with Gasteiger partial charge in [-0.3, -0.25) is 0 Å². The minimum absolute atomic E-state index is 0.0695. The maximum Gasteiger partial charge on any atom is 0.410 e. The third-order valence-electron chi connectivity index (χ3n) is 3.83. The molecule has 2 aliphatic carbocycles. The van der Waals surface area contributed by atoms with Gasteiger partial charge >= 0.3 is 6.09 Å². The smallest absolute Gasteiger partial charge is 0.410 e. The molecular formula is C14H25NO2. The number of hydrogen-bond donors (Lipinski definition) is 0. The van der Waals surface area contributed by atoms with Crippen molar-refractivity contribution in [2.75, 3.05) is 13.2 Å². The molecule has 2 saturated carbocycles. The Hall–Kier alpha value is -0.730. The zero-order valence-electron chi connectivity index (χ0n) is 11.0. The van der Waals surface area contributed by atoms with E-state index >= 15 is 0 Å². The molecule has 0 atom stereocenters. The third-order valence-corrected chi connectivity index (χ3v) is 3.83. The standard InChI is InChI=1S/C14H25NO2/c1-2-10-17-14(16)15(13-8-9-13)11-12-6-4-3-5-7-12/h12-13H,2-11H2,1H3. The lowest BCUT2D eigenvalue weighted by atomic mass is 9.89. The molecule has 0 unspecified atom stereocenters. The summed E-state index contributed by atoms with van der Waals surface area (Å²) in [7, 11) is 0. The molecule has 0 aromatic carbocycles. The molecule has 1 amide bonds. The van der Waals surface area contributed by atoms with Gasteiger partial charge in [0.2, 0.25) is 0 Å². The van der Waals surface area contributed by atoms with Gasteiger partial charge < -0.3 is 9.64 Å². The Morgan fingerprint density at radius 1 is 1.18 bits per heavy atom. The SMILES string of the molecule is CCCOC(=O)N(CC1CCCCC1)C1CC1. The highest BCUT2D eigenvalue weighted by atomic mass is 16.6. The van der Waals surface area contributed by atoms with E-state index in [2.05, 4.69) is 0 Å². The summed E-state index contributed by atoms with van der Waals surface area (Å²) in [5.74, 6) is 0.721. The number of nitrogens with zero attached hydrogens (tertiary/aromatic N) is 1. The minimum Gasteiger partial charge on any atom is -0.449 e. The van der Waals surface area contributed by atoms with Crippen LogP contribution in [0.5, 0.6) is 0 Å². The third kappa shape index (κ3) is 3.90. The minimum atomic E-state index is -0.0695. The fourth-order valence-corrected chi connectivity index (χ4v) is 2.68. The fraction of sp³-hybridized carbons (Fsp3) is 0.929. The summed E-state index contributed by atoms with van der Waals surface area (Å²) in [4.78, 5) is 14.0. The molecule has 2 aliphatic rings. The molecule has 2 rings (SSSR count). The van der Waals surface area contributed by atoms with Crippen LogP contribution in [0.1, 0.15) is 58.3 Å². The van der Waals surface area contributed by atoms with Crippen molar-refractivity contribution in [3.63, 3.8) is 0 Å². The molecule has 17 heavy (non-hydrogen) atoms. The Morgan fingerprint density at radius 3 is 2.47 bits per heavy atom. The Kier molecular flexibility index (Phi) is 4.69. The van der Waals surface area contributed by atoms with Gasteiger partial charge in [0.05, 0.1) is 6.61 Å². The van der Waals surface area contributed by atoms with Gasteiger partial charge in [0, 0.05) is 12.6 Å². The molecule has 98 valence electrons. The van der Waals surface area contributed by atoms with Gasteiger partial charge in [0.1, 0.15) is 0 Å². The number of ether oxygens (including phenoxy) is 1. The summed E-state index contributed by atoms with van der Waals surface area (Å²) in [5, 5.41) is 0. The van der Waals surface area contributed by atoms with Crippen molar-refractivity contribution in [2.45, 2.75) is 64.3 Å². The van der Waals surface area contributed by atoms with Crippen molar-refractivity contribution in [3.8, 4) is 0 Å². The Labute approximate surface area is 105 Å². The number of carbonyl (C=O) groups excluding carboxylic acids is 1. The van der Waals surface area contributed by atoms with E-state index in [-0.39, 0.29) is 6.09 Å². The van der Waals surface area contributed by atoms with Crippen LogP contribution in [-0.2, 0) is 4.74 Å². The molecule has 0 bridgehead atoms. The Morgan fingerprint density at radius 2 is 1.88 bits per heavy atom. The van der Waals surface area contributed by atoms with Crippen molar-refractivity contribution in [1.82, 2.24) is 4.90 Å². The largest absolute Gasteiger partial charge is 0.449 e. The molecule has 0 saturated heterocycles. The maximum atomic E-state index is 12.0. The van der Waals surface area contributed by atoms with Gasteiger partial charge in [-0.15, -0.1) is 0 Å². The predicted octanol–water partition coefficient (Wildman–Crippen LogP) is 3.58. The highest BCUT2D eigenvalue weighted by Crippen LogP contribution is 2.31. The van der Waals surface area contributed by atoms with E-state index in [9.17, 15) is 4.79 Å². The van der Waals surface area contributed by atoms with Crippen LogP contribution in [0.4, 0.5) is 4.79 Å². The highest BCUT2D eigenvalue weighted by molar-refractivity contribution is 5.68. The van der Waals surface area contributed by atoms with Crippen LogP contribution >= 0.6 is 0 Å². The quantitative estimate of drug-likeness (QED) is 0.734. The zero-order valence-corrected chi connectivity index (χ0v) is 11.0. The number of rotatable bonds is 5. The van der Waals surface area contributed by atoms with Crippen molar-refractivity contribution in [3.05, 3.63) is 0 Å². The lowest BCUT2D eigenvalue weighted by molar-refractivity contribution is 0.0897. The van der Waals surface area contributed by atoms with Crippen LogP contribution < -0.4 is 0 Å². The number of hydrogen-bond acceptors (Lipinski definition) is 2. The zero-order chi connectivity index (χ0) is 12.1. The summed E-state index contributed by atoms with van der Waals surface area (Å²) in [6, 6.07) is 0.487. The van der Waals surface area contributed by atoms with Gasteiger partial charge in [-0.2, -0.15) is 0 Å². The summed E-state index contributed by atoms with van der Waals surface area (Å²) in [6.07, 6.45) is 9.84. The molecule has 0 N–H and O–H groups in total. The van der Waals surface area contributed by atoms with Crippen molar-refractivity contribution >= 4 is 6.09 Å². The maximum absolute atomic E-state index is 12.0. The molecule has 0 aliphatic heterocycles. The first-order valence-electron chi connectivity index (χ1n) is 7.24. The second-order valence-electron chi connectivity index (χ2n) is 5.50. The van der Waals surface area contributed by atoms with E-state index in [0.29, 0.717) is 12.6 Å². The molecule has 0 spiro atoms. The first-order valence-corrected chi connectivity index (χ1v) is 7.24. The van der Waals surface area contributed by atoms with E-state index in [1.165, 1.54) is 44.9 Å². The van der Waals surface area contributed by atoms with E-state index < -0.39 is 0 Å². The molecule has 0 aromatic heterocycles. The van der Waals surface area contributed by atoms with E-state index in [4.69, 9.17) is 4.74 Å². The van der Waals surface area contributed by atoms with Crippen LogP contribution in [0.25, 0.3) is 0 Å². The van der Waals surface area contributed by atoms with Crippen molar-refractivity contribution in [2.24, 2.45) is 5.92 Å². The lowest BCUT2D eigenvalue weighted by Crippen LogP contribution is -2.38. The monoisotopic (exact) mass is 239 g/mol. The predicted molar refractivity (Wildman–Crippen MR) is 67.9 cm³/mol. The molecule has 2 fully saturated rings. The van der Waals surface area contributed by atoms with Crippen LogP contribution in [0.3, 0.4) is 0 Å². The van der Waals surface area contributed by atoms with Gasteiger partial charge in [-0.1, -0.05) is 26.2 Å². The topological polar surface area (TPSA) is 29.5 Å². The first kappa shape index (κ1) is 12.7. The number of amides is 1. The van der Waals surface area contributed by atoms with Gasteiger partial charge in [0.25, 0.3) is 0 Å². The Balaban J connectivity index is 1.81. The lowest BCUT2D eigenvalue weighted by Gasteiger charge is -2.29. The van der Waals surface area contributed by atoms with E-state index in [0.717, 1.165) is 18.9 Å². The summed E-state index contributed by atoms with van der Waals surface area (Å²) < 4.78 is 5.28. The second-order valence-corrected chi connectivity index (χ2v) is 5.50. The van der Waals surface area contributed by atoms with Crippen LogP contribution in [-0.4, -0.2) is 30.2 Å². The molecule has 3 nitrogen and oxygen atoms in total. The molecule has 3 heteroatoms. The van der Waals surface area contributed by atoms with E-state index in [1.54, 1.807) is 0 Å². The summed E-state index contributed by atoms with van der Waals surface area (Å²) >= 11 is 0. The van der Waals surface area contributed by atoms with E-state index in [1.807, 2.05) is 11.8 Å². The average molecular weight is 239 g/mol. The molecule has 0 heterocycles. The first-order chi connectivity index (χ1) is 8.31. The van der Waals surface area contributed by atoms with Gasteiger partial charge in [-0.25, -0.2) is 4.79 Å². The Bertz CT molecular complexity index is 245. The van der Waals surface area contributed by atoms with Gasteiger partial charge in [0.15, 0.2) is 0 Å². The van der Waals surface area contributed by atoms with Crippen LogP contribution in [0.2, 0.25) is 0 Å². The molecular weight excluding hydrogens is 214 g/mol. The summed E-state index contributed by atoms with van der Waals surface area (Å²) in [5.41, 5.74) is 0. The van der Waals surface area contributed by atoms with Gasteiger partial charge in [-0.05, 0) is 38.0 Å². The normalized spacial score (nSPS) is 21.2. The van der Waals surface area contributed by atoms with Crippen molar-refractivity contribution < 1.29 is 9.53 Å². The fourth-order valence-electron chi connectivity index (χ4n) is 2.68. The van der Waals surface area contributed by atoms with Crippen LogP contribution in [0.15, 0.2) is 0 Å². The second kappa shape index (κ2) is 6.27.